The smallest absolute Gasteiger partial charge is 0.245 e. The summed E-state index contributed by atoms with van der Waals surface area (Å²) in [6.45, 7) is 5.52. The molecule has 0 unspecified atom stereocenters. The van der Waals surface area contributed by atoms with Crippen LogP contribution < -0.4 is 5.73 Å². The molecule has 0 spiro atoms. The molecule has 0 amide bonds. The Kier molecular flexibility index (Phi) is 5.98. The minimum absolute atomic E-state index is 0.204. The van der Waals surface area contributed by atoms with E-state index in [1.165, 1.54) is 4.31 Å². The van der Waals surface area contributed by atoms with Crippen LogP contribution in [0.15, 0.2) is 23.1 Å². The van der Waals surface area contributed by atoms with Crippen LogP contribution in [0, 0.1) is 6.92 Å². The SMILES string of the molecule is CCCN(CCN(C)C)S(=O)(=O)c1ccc(C)cc1N. The highest BCUT2D eigenvalue weighted by Crippen LogP contribution is 2.23. The molecule has 0 aliphatic rings. The van der Waals surface area contributed by atoms with Gasteiger partial charge in [-0.1, -0.05) is 13.0 Å². The highest BCUT2D eigenvalue weighted by molar-refractivity contribution is 7.89. The molecule has 6 heteroatoms. The summed E-state index contributed by atoms with van der Waals surface area (Å²) in [5.74, 6) is 0. The fourth-order valence-electron chi connectivity index (χ4n) is 1.95. The average molecular weight is 299 g/mol. The van der Waals surface area contributed by atoms with Gasteiger partial charge in [-0.25, -0.2) is 8.42 Å². The largest absolute Gasteiger partial charge is 0.398 e. The first kappa shape index (κ1) is 16.9. The van der Waals surface area contributed by atoms with Gasteiger partial charge >= 0.3 is 0 Å². The Morgan fingerprint density at radius 1 is 1.15 bits per heavy atom. The Morgan fingerprint density at radius 3 is 2.30 bits per heavy atom. The Hall–Kier alpha value is -1.11. The highest BCUT2D eigenvalue weighted by atomic mass is 32.2. The third-order valence-electron chi connectivity index (χ3n) is 3.05. The number of likely N-dealkylation sites (N-methyl/N-ethyl adjacent to an activating group) is 1. The molecule has 0 saturated heterocycles. The number of anilines is 1. The van der Waals surface area contributed by atoms with Crippen LogP contribution in [-0.2, 0) is 10.0 Å². The van der Waals surface area contributed by atoms with E-state index in [1.807, 2.05) is 32.8 Å². The molecule has 5 nitrogen and oxygen atoms in total. The van der Waals surface area contributed by atoms with E-state index >= 15 is 0 Å². The highest BCUT2D eigenvalue weighted by Gasteiger charge is 2.25. The van der Waals surface area contributed by atoms with E-state index in [2.05, 4.69) is 0 Å². The lowest BCUT2D eigenvalue weighted by Gasteiger charge is -2.24. The summed E-state index contributed by atoms with van der Waals surface area (Å²) in [6.07, 6.45) is 0.776. The summed E-state index contributed by atoms with van der Waals surface area (Å²) in [4.78, 5) is 2.17. The van der Waals surface area contributed by atoms with Gasteiger partial charge in [-0.2, -0.15) is 4.31 Å². The van der Waals surface area contributed by atoms with Gasteiger partial charge in [0.15, 0.2) is 0 Å². The van der Waals surface area contributed by atoms with Gasteiger partial charge in [0.25, 0.3) is 0 Å². The summed E-state index contributed by atoms with van der Waals surface area (Å²) in [7, 11) is 0.330. The zero-order valence-corrected chi connectivity index (χ0v) is 13.6. The van der Waals surface area contributed by atoms with Gasteiger partial charge < -0.3 is 10.6 Å². The van der Waals surface area contributed by atoms with Gasteiger partial charge in [0.05, 0.1) is 5.69 Å². The molecule has 0 bridgehead atoms. The van der Waals surface area contributed by atoms with Crippen LogP contribution in [0.5, 0.6) is 0 Å². The van der Waals surface area contributed by atoms with Crippen LogP contribution in [0.3, 0.4) is 0 Å². The summed E-state index contributed by atoms with van der Waals surface area (Å²) in [5, 5.41) is 0. The van der Waals surface area contributed by atoms with Gasteiger partial charge in [0.1, 0.15) is 4.90 Å². The normalized spacial score (nSPS) is 12.3. The maximum atomic E-state index is 12.7. The van der Waals surface area contributed by atoms with Crippen molar-refractivity contribution in [3.63, 3.8) is 0 Å². The Balaban J connectivity index is 3.08. The van der Waals surface area contributed by atoms with Crippen LogP contribution in [0.4, 0.5) is 5.69 Å². The van der Waals surface area contributed by atoms with Crippen LogP contribution >= 0.6 is 0 Å². The Labute approximate surface area is 122 Å². The molecule has 0 aromatic heterocycles. The van der Waals surface area contributed by atoms with Crippen molar-refractivity contribution in [2.45, 2.75) is 25.2 Å². The van der Waals surface area contributed by atoms with Gasteiger partial charge in [-0.05, 0) is 45.1 Å². The molecule has 1 aromatic carbocycles. The molecule has 2 N–H and O–H groups in total. The second-order valence-electron chi connectivity index (χ2n) is 5.25. The van der Waals surface area contributed by atoms with Crippen molar-refractivity contribution in [2.24, 2.45) is 0 Å². The molecule has 0 atom stereocenters. The lowest BCUT2D eigenvalue weighted by Crippen LogP contribution is -2.37. The van der Waals surface area contributed by atoms with E-state index in [9.17, 15) is 8.42 Å². The molecular weight excluding hydrogens is 274 g/mol. The molecule has 0 aliphatic carbocycles. The predicted octanol–water partition coefficient (Wildman–Crippen LogP) is 1.54. The van der Waals surface area contributed by atoms with Crippen LogP contribution in [0.1, 0.15) is 18.9 Å². The fourth-order valence-corrected chi connectivity index (χ4v) is 3.57. The second-order valence-corrected chi connectivity index (χ2v) is 7.15. The maximum absolute atomic E-state index is 12.7. The van der Waals surface area contributed by atoms with Crippen molar-refractivity contribution in [3.8, 4) is 0 Å². The molecule has 1 aromatic rings. The standard InChI is InChI=1S/C14H25N3O2S/c1-5-8-17(10-9-16(3)4)20(18,19)14-7-6-12(2)11-13(14)15/h6-7,11H,5,8-10,15H2,1-4H3. The first-order chi connectivity index (χ1) is 9.28. The quantitative estimate of drug-likeness (QED) is 0.776. The third kappa shape index (κ3) is 4.19. The summed E-state index contributed by atoms with van der Waals surface area (Å²) in [6, 6.07) is 5.07. The molecule has 114 valence electrons. The first-order valence-corrected chi connectivity index (χ1v) is 8.24. The number of aryl methyl sites for hydroxylation is 1. The van der Waals surface area contributed by atoms with E-state index in [4.69, 9.17) is 5.73 Å². The Morgan fingerprint density at radius 2 is 1.80 bits per heavy atom. The van der Waals surface area contributed by atoms with E-state index < -0.39 is 10.0 Å². The number of hydrogen-bond donors (Lipinski definition) is 1. The minimum Gasteiger partial charge on any atom is -0.398 e. The van der Waals surface area contributed by atoms with Gasteiger partial charge in [-0.3, -0.25) is 0 Å². The lowest BCUT2D eigenvalue weighted by atomic mass is 10.2. The van der Waals surface area contributed by atoms with Crippen molar-refractivity contribution in [2.75, 3.05) is 39.5 Å². The molecule has 0 radical (unpaired) electrons. The molecule has 0 fully saturated rings. The lowest BCUT2D eigenvalue weighted by molar-refractivity contribution is 0.333. The molecule has 0 saturated carbocycles. The number of rotatable bonds is 7. The van der Waals surface area contributed by atoms with Crippen LogP contribution in [-0.4, -0.2) is 51.4 Å². The number of hydrogen-bond acceptors (Lipinski definition) is 4. The molecular formula is C14H25N3O2S. The monoisotopic (exact) mass is 299 g/mol. The minimum atomic E-state index is -3.52. The average Bonchev–Trinajstić information content (AvgIpc) is 2.33. The van der Waals surface area contributed by atoms with E-state index in [1.54, 1.807) is 18.2 Å². The van der Waals surface area contributed by atoms with Crippen LogP contribution in [0.25, 0.3) is 0 Å². The molecule has 1 rings (SSSR count). The number of sulfonamides is 1. The molecule has 0 heterocycles. The van der Waals surface area contributed by atoms with Crippen molar-refractivity contribution in [3.05, 3.63) is 23.8 Å². The van der Waals surface area contributed by atoms with Crippen molar-refractivity contribution in [1.82, 2.24) is 9.21 Å². The zero-order chi connectivity index (χ0) is 15.3. The van der Waals surface area contributed by atoms with Gasteiger partial charge in [0, 0.05) is 19.6 Å². The summed E-state index contributed by atoms with van der Waals surface area (Å²) >= 11 is 0. The first-order valence-electron chi connectivity index (χ1n) is 6.80. The summed E-state index contributed by atoms with van der Waals surface area (Å²) in [5.41, 5.74) is 7.15. The number of nitrogen functional groups attached to an aromatic ring is 1. The van der Waals surface area contributed by atoms with Crippen molar-refractivity contribution in [1.29, 1.82) is 0 Å². The molecule has 20 heavy (non-hydrogen) atoms. The van der Waals surface area contributed by atoms with Crippen molar-refractivity contribution < 1.29 is 8.42 Å². The Bertz CT molecular complexity index is 541. The van der Waals surface area contributed by atoms with E-state index in [0.717, 1.165) is 12.0 Å². The summed E-state index contributed by atoms with van der Waals surface area (Å²) < 4.78 is 26.9. The number of benzene rings is 1. The zero-order valence-electron chi connectivity index (χ0n) is 12.8. The fraction of sp³-hybridized carbons (Fsp3) is 0.571. The number of nitrogens with zero attached hydrogens (tertiary/aromatic N) is 2. The molecule has 0 aliphatic heterocycles. The van der Waals surface area contributed by atoms with Gasteiger partial charge in [0.2, 0.25) is 10.0 Å². The predicted molar refractivity (Wildman–Crippen MR) is 83.2 cm³/mol. The maximum Gasteiger partial charge on any atom is 0.245 e. The number of nitrogens with two attached hydrogens (primary N) is 1. The topological polar surface area (TPSA) is 66.6 Å². The second kappa shape index (κ2) is 7.06. The van der Waals surface area contributed by atoms with E-state index in [-0.39, 0.29) is 4.90 Å². The van der Waals surface area contributed by atoms with Gasteiger partial charge in [-0.15, -0.1) is 0 Å². The van der Waals surface area contributed by atoms with Crippen molar-refractivity contribution >= 4 is 15.7 Å². The van der Waals surface area contributed by atoms with Crippen LogP contribution in [0.2, 0.25) is 0 Å². The van der Waals surface area contributed by atoms with E-state index in [0.29, 0.717) is 25.3 Å². The third-order valence-corrected chi connectivity index (χ3v) is 5.03.